The molecule has 106 valence electrons. The first-order chi connectivity index (χ1) is 9.24. The molecule has 0 fully saturated rings. The van der Waals surface area contributed by atoms with E-state index in [2.05, 4.69) is 20.8 Å². The zero-order valence-corrected chi connectivity index (χ0v) is 11.9. The third kappa shape index (κ3) is 3.75. The van der Waals surface area contributed by atoms with Crippen LogP contribution in [-0.2, 0) is 0 Å². The average Bonchev–Trinajstić information content (AvgIpc) is 2.93. The molecule has 1 heterocycles. The maximum Gasteiger partial charge on any atom is 0.265 e. The van der Waals surface area contributed by atoms with Crippen molar-refractivity contribution in [2.75, 3.05) is 0 Å². The second-order valence-corrected chi connectivity index (χ2v) is 4.33. The first-order valence-electron chi connectivity index (χ1n) is 5.30. The average molecular weight is 313 g/mol. The molecule has 0 unspecified atom stereocenters. The van der Waals surface area contributed by atoms with Gasteiger partial charge >= 0.3 is 0 Å². The van der Waals surface area contributed by atoms with Crippen LogP contribution in [0.2, 0.25) is 0 Å². The first kappa shape index (κ1) is 16.1. The lowest BCUT2D eigenvalue weighted by atomic mass is 10.1. The number of aromatic nitrogens is 1. The van der Waals surface area contributed by atoms with Crippen LogP contribution in [-0.4, -0.2) is 17.2 Å². The lowest BCUT2D eigenvalue weighted by Gasteiger charge is -2.01. The van der Waals surface area contributed by atoms with Gasteiger partial charge in [-0.05, 0) is 12.1 Å². The van der Waals surface area contributed by atoms with Gasteiger partial charge in [0.2, 0.25) is 5.13 Å². The molecule has 0 spiro atoms. The molecule has 0 radical (unpaired) electrons. The van der Waals surface area contributed by atoms with Crippen LogP contribution in [0.4, 0.5) is 5.13 Å². The van der Waals surface area contributed by atoms with Crippen LogP contribution in [0, 0.1) is 0 Å². The van der Waals surface area contributed by atoms with Crippen LogP contribution < -0.4 is 22.5 Å². The van der Waals surface area contributed by atoms with E-state index in [1.807, 2.05) is 11.4 Å². The van der Waals surface area contributed by atoms with Gasteiger partial charge < -0.3 is 5.43 Å². The fraction of sp³-hybridized carbons (Fsp3) is 0. The lowest BCUT2D eigenvalue weighted by molar-refractivity contribution is 0.0953. The van der Waals surface area contributed by atoms with Crippen LogP contribution >= 0.6 is 23.7 Å². The van der Waals surface area contributed by atoms with E-state index in [0.29, 0.717) is 10.7 Å². The summed E-state index contributed by atoms with van der Waals surface area (Å²) < 4.78 is 0. The second-order valence-electron chi connectivity index (χ2n) is 3.49. The number of hydrazine groups is 2. The molecule has 1 amide bonds. The summed E-state index contributed by atoms with van der Waals surface area (Å²) in [5, 5.41) is 2.42. The number of amides is 1. The van der Waals surface area contributed by atoms with Crippen molar-refractivity contribution < 1.29 is 4.79 Å². The highest BCUT2D eigenvalue weighted by molar-refractivity contribution is 7.13. The van der Waals surface area contributed by atoms with Crippen molar-refractivity contribution in [3.8, 4) is 11.3 Å². The van der Waals surface area contributed by atoms with E-state index in [-0.39, 0.29) is 18.3 Å². The third-order valence-electron chi connectivity index (χ3n) is 2.29. The van der Waals surface area contributed by atoms with Crippen LogP contribution in [0.3, 0.4) is 0 Å². The number of nitrogen functional groups attached to an aromatic ring is 1. The molecule has 7 nitrogen and oxygen atoms in total. The minimum atomic E-state index is -0.345. The van der Waals surface area contributed by atoms with Crippen molar-refractivity contribution in [3.05, 3.63) is 35.2 Å². The Morgan fingerprint density at radius 1 is 1.40 bits per heavy atom. The summed E-state index contributed by atoms with van der Waals surface area (Å²) >= 11 is 1.37. The number of thiazole rings is 1. The standard InChI is InChI=1S/C11H12N6OS.ClH/c12-15-6-14-11-16-9(5-19-11)7-2-1-3-8(4-7)10(18)17-13;/h1-6H,12-13H2,(H,17,18)(H,14,15,16);1H. The summed E-state index contributed by atoms with van der Waals surface area (Å²) in [5.41, 5.74) is 6.43. The smallest absolute Gasteiger partial charge is 0.265 e. The molecule has 0 saturated heterocycles. The largest absolute Gasteiger partial charge is 0.315 e. The molecular weight excluding hydrogens is 300 g/mol. The number of carbonyl (C=O) groups is 1. The van der Waals surface area contributed by atoms with Crippen molar-refractivity contribution in [2.45, 2.75) is 0 Å². The lowest BCUT2D eigenvalue weighted by Crippen LogP contribution is -2.29. The molecule has 6 N–H and O–H groups in total. The minimum Gasteiger partial charge on any atom is -0.315 e. The Balaban J connectivity index is 0.00000200. The van der Waals surface area contributed by atoms with E-state index in [1.165, 1.54) is 17.7 Å². The predicted octanol–water partition coefficient (Wildman–Crippen LogP) is 0.958. The van der Waals surface area contributed by atoms with Gasteiger partial charge in [0.15, 0.2) is 0 Å². The van der Waals surface area contributed by atoms with Gasteiger partial charge in [-0.25, -0.2) is 21.7 Å². The van der Waals surface area contributed by atoms with Gasteiger partial charge in [0.05, 0.1) is 5.69 Å². The van der Waals surface area contributed by atoms with Crippen LogP contribution in [0.25, 0.3) is 11.3 Å². The Kier molecular flexibility index (Phi) is 6.07. The van der Waals surface area contributed by atoms with Gasteiger partial charge in [0.1, 0.15) is 6.34 Å². The molecule has 0 aliphatic rings. The predicted molar refractivity (Wildman–Crippen MR) is 81.9 cm³/mol. The Labute approximate surface area is 125 Å². The molecular formula is C11H13ClN6OS. The molecule has 1 aromatic heterocycles. The maximum absolute atomic E-state index is 11.4. The van der Waals surface area contributed by atoms with E-state index in [4.69, 9.17) is 11.7 Å². The highest BCUT2D eigenvalue weighted by atomic mass is 35.5. The Bertz CT molecular complexity index is 614. The number of hydrogen-bond donors (Lipinski definition) is 4. The van der Waals surface area contributed by atoms with Gasteiger partial charge in [-0.15, -0.1) is 23.7 Å². The molecule has 0 aliphatic heterocycles. The van der Waals surface area contributed by atoms with E-state index in [1.54, 1.807) is 18.2 Å². The monoisotopic (exact) mass is 312 g/mol. The number of aliphatic imine (C=N–C) groups is 1. The zero-order valence-electron chi connectivity index (χ0n) is 10.2. The summed E-state index contributed by atoms with van der Waals surface area (Å²) in [7, 11) is 0. The highest BCUT2D eigenvalue weighted by Crippen LogP contribution is 2.26. The number of carbonyl (C=O) groups excluding carboxylic acids is 1. The summed E-state index contributed by atoms with van der Waals surface area (Å²) in [6.45, 7) is 0. The van der Waals surface area contributed by atoms with Crippen molar-refractivity contribution in [2.24, 2.45) is 16.7 Å². The summed E-state index contributed by atoms with van der Waals surface area (Å²) in [6, 6.07) is 7.02. The van der Waals surface area contributed by atoms with Crippen molar-refractivity contribution in [1.82, 2.24) is 15.8 Å². The van der Waals surface area contributed by atoms with E-state index in [9.17, 15) is 4.79 Å². The highest BCUT2D eigenvalue weighted by Gasteiger charge is 2.07. The summed E-state index contributed by atoms with van der Waals surface area (Å²) in [5.74, 6) is 9.84. The number of halogens is 1. The molecule has 0 saturated carbocycles. The van der Waals surface area contributed by atoms with Gasteiger partial charge in [-0.1, -0.05) is 12.1 Å². The van der Waals surface area contributed by atoms with Gasteiger partial charge in [-0.3, -0.25) is 10.2 Å². The molecule has 2 rings (SSSR count). The Morgan fingerprint density at radius 3 is 2.90 bits per heavy atom. The molecule has 0 atom stereocenters. The van der Waals surface area contributed by atoms with Gasteiger partial charge in [-0.2, -0.15) is 0 Å². The number of nitrogens with one attached hydrogen (secondary N) is 2. The zero-order chi connectivity index (χ0) is 13.7. The number of nitrogens with zero attached hydrogens (tertiary/aromatic N) is 2. The first-order valence-corrected chi connectivity index (χ1v) is 6.18. The topological polar surface area (TPSA) is 118 Å². The Hall–Kier alpha value is -2.00. The molecule has 0 aliphatic carbocycles. The van der Waals surface area contributed by atoms with Crippen LogP contribution in [0.15, 0.2) is 34.6 Å². The maximum atomic E-state index is 11.4. The van der Waals surface area contributed by atoms with Crippen molar-refractivity contribution in [3.63, 3.8) is 0 Å². The number of benzene rings is 1. The minimum absolute atomic E-state index is 0. The van der Waals surface area contributed by atoms with Crippen LogP contribution in [0.5, 0.6) is 0 Å². The van der Waals surface area contributed by atoms with Gasteiger partial charge in [0.25, 0.3) is 5.91 Å². The SMILES string of the molecule is Cl.NNC=Nc1nc(-c2cccc(C(=O)NN)c2)cs1. The fourth-order valence-corrected chi connectivity index (χ4v) is 2.12. The van der Waals surface area contributed by atoms with Crippen molar-refractivity contribution >= 4 is 41.1 Å². The van der Waals surface area contributed by atoms with E-state index >= 15 is 0 Å². The number of nitrogens with two attached hydrogens (primary N) is 2. The summed E-state index contributed by atoms with van der Waals surface area (Å²) in [4.78, 5) is 19.7. The van der Waals surface area contributed by atoms with Crippen LogP contribution in [0.1, 0.15) is 10.4 Å². The fourth-order valence-electron chi connectivity index (χ4n) is 1.45. The molecule has 1 aromatic carbocycles. The second kappa shape index (κ2) is 7.56. The summed E-state index contributed by atoms with van der Waals surface area (Å²) in [6.07, 6.45) is 1.35. The molecule has 2 aromatic rings. The quantitative estimate of drug-likeness (QED) is 0.220. The van der Waals surface area contributed by atoms with Crippen molar-refractivity contribution in [1.29, 1.82) is 0 Å². The third-order valence-corrected chi connectivity index (χ3v) is 3.04. The molecule has 9 heteroatoms. The number of hydrogen-bond acceptors (Lipinski definition) is 6. The van der Waals surface area contributed by atoms with E-state index in [0.717, 1.165) is 11.3 Å². The number of rotatable bonds is 4. The van der Waals surface area contributed by atoms with Gasteiger partial charge in [0, 0.05) is 16.5 Å². The molecule has 20 heavy (non-hydrogen) atoms. The molecule has 0 bridgehead atoms. The normalized spacial score (nSPS) is 10.1. The van der Waals surface area contributed by atoms with E-state index < -0.39 is 0 Å². The Morgan fingerprint density at radius 2 is 2.20 bits per heavy atom.